The first-order chi connectivity index (χ1) is 11.1. The zero-order chi connectivity index (χ0) is 18.2. The molecule has 1 aliphatic heterocycles. The van der Waals surface area contributed by atoms with Crippen LogP contribution in [0, 0.1) is 11.8 Å². The summed E-state index contributed by atoms with van der Waals surface area (Å²) in [6, 6.07) is 0. The molecule has 0 aromatic heterocycles. The average molecular weight is 377 g/mol. The molecule has 0 aliphatic carbocycles. The summed E-state index contributed by atoms with van der Waals surface area (Å²) in [5.41, 5.74) is 0. The summed E-state index contributed by atoms with van der Waals surface area (Å²) in [6.07, 6.45) is 4.87. The molecule has 0 unspecified atom stereocenters. The van der Waals surface area contributed by atoms with Gasteiger partial charge in [-0.3, -0.25) is 0 Å². The maximum absolute atomic E-state index is 6.13. The zero-order valence-corrected chi connectivity index (χ0v) is 19.0. The molecule has 0 aromatic rings. The van der Waals surface area contributed by atoms with E-state index in [1.165, 1.54) is 25.7 Å². The number of ether oxygens (including phenoxy) is 2. The fourth-order valence-corrected chi connectivity index (χ4v) is 4.03. The fourth-order valence-electron chi connectivity index (χ4n) is 2.60. The number of hydrogen-bond acceptors (Lipinski definition) is 4. The van der Waals surface area contributed by atoms with Crippen LogP contribution >= 0.6 is 0 Å². The van der Waals surface area contributed by atoms with Gasteiger partial charge < -0.3 is 18.3 Å². The van der Waals surface area contributed by atoms with Crippen molar-refractivity contribution in [3.63, 3.8) is 0 Å². The van der Waals surface area contributed by atoms with Crippen molar-refractivity contribution in [1.29, 1.82) is 0 Å². The molecule has 0 amide bonds. The molecule has 1 saturated heterocycles. The van der Waals surface area contributed by atoms with E-state index in [-0.39, 0.29) is 12.2 Å². The molecule has 0 N–H and O–H groups in total. The molecule has 144 valence electrons. The Hall–Kier alpha value is 0.274. The van der Waals surface area contributed by atoms with Gasteiger partial charge in [-0.25, -0.2) is 0 Å². The van der Waals surface area contributed by atoms with Gasteiger partial charge >= 0.3 is 0 Å². The Balaban J connectivity index is 2.48. The lowest BCUT2D eigenvalue weighted by atomic mass is 10.0. The second-order valence-electron chi connectivity index (χ2n) is 9.00. The van der Waals surface area contributed by atoms with Gasteiger partial charge in [0.15, 0.2) is 22.9 Å². The molecular weight excluding hydrogens is 336 g/mol. The number of hydrogen-bond donors (Lipinski definition) is 0. The van der Waals surface area contributed by atoms with Crippen LogP contribution in [0.1, 0.15) is 32.6 Å². The molecule has 0 spiro atoms. The van der Waals surface area contributed by atoms with Gasteiger partial charge in [0, 0.05) is 19.1 Å². The monoisotopic (exact) mass is 376 g/mol. The minimum atomic E-state index is -1.55. The molecule has 0 bridgehead atoms. The van der Waals surface area contributed by atoms with Crippen molar-refractivity contribution in [3.8, 4) is 0 Å². The van der Waals surface area contributed by atoms with E-state index in [9.17, 15) is 0 Å². The quantitative estimate of drug-likeness (QED) is 0.380. The summed E-state index contributed by atoms with van der Waals surface area (Å²) in [7, 11) is -3.10. The smallest absolute Gasteiger partial charge is 0.183 e. The van der Waals surface area contributed by atoms with E-state index >= 15 is 0 Å². The largest absolute Gasteiger partial charge is 0.417 e. The molecule has 1 rings (SSSR count). The van der Waals surface area contributed by atoms with Crippen molar-refractivity contribution in [2.75, 3.05) is 26.4 Å². The molecular formula is C18H40O4Si2. The second kappa shape index (κ2) is 10.4. The Morgan fingerprint density at radius 2 is 1.38 bits per heavy atom. The van der Waals surface area contributed by atoms with E-state index in [1.807, 2.05) is 0 Å². The first-order valence-corrected chi connectivity index (χ1v) is 16.4. The predicted octanol–water partition coefficient (Wildman–Crippen LogP) is 4.88. The first-order valence-electron chi connectivity index (χ1n) is 9.62. The Kier molecular flexibility index (Phi) is 9.70. The molecule has 0 atom stereocenters. The van der Waals surface area contributed by atoms with Crippen LogP contribution in [0.15, 0.2) is 0 Å². The highest BCUT2D eigenvalue weighted by molar-refractivity contribution is 6.70. The van der Waals surface area contributed by atoms with Crippen LogP contribution in [0.2, 0.25) is 39.3 Å². The van der Waals surface area contributed by atoms with E-state index in [2.05, 4.69) is 46.2 Å². The third-order valence-corrected chi connectivity index (χ3v) is 6.12. The van der Waals surface area contributed by atoms with Crippen molar-refractivity contribution >= 4 is 16.6 Å². The van der Waals surface area contributed by atoms with E-state index in [1.54, 1.807) is 0 Å². The van der Waals surface area contributed by atoms with Crippen LogP contribution in [0.4, 0.5) is 0 Å². The van der Waals surface area contributed by atoms with Crippen LogP contribution in [-0.4, -0.2) is 49.4 Å². The predicted molar refractivity (Wildman–Crippen MR) is 105 cm³/mol. The Morgan fingerprint density at radius 1 is 0.875 bits per heavy atom. The van der Waals surface area contributed by atoms with E-state index < -0.39 is 16.6 Å². The topological polar surface area (TPSA) is 36.9 Å². The average Bonchev–Trinajstić information content (AvgIpc) is 2.46. The molecule has 24 heavy (non-hydrogen) atoms. The maximum atomic E-state index is 6.13. The van der Waals surface area contributed by atoms with Crippen molar-refractivity contribution in [2.24, 2.45) is 11.8 Å². The van der Waals surface area contributed by atoms with Crippen molar-refractivity contribution in [3.05, 3.63) is 0 Å². The van der Waals surface area contributed by atoms with Crippen molar-refractivity contribution in [1.82, 2.24) is 0 Å². The molecule has 1 fully saturated rings. The summed E-state index contributed by atoms with van der Waals surface area (Å²) >= 11 is 0. The van der Waals surface area contributed by atoms with Gasteiger partial charge in [-0.1, -0.05) is 26.2 Å². The lowest BCUT2D eigenvalue weighted by Gasteiger charge is -2.36. The van der Waals surface area contributed by atoms with Gasteiger partial charge in [0.25, 0.3) is 0 Å². The maximum Gasteiger partial charge on any atom is 0.183 e. The molecule has 0 saturated carbocycles. The summed E-state index contributed by atoms with van der Waals surface area (Å²) in [4.78, 5) is 0. The molecule has 1 aliphatic rings. The van der Waals surface area contributed by atoms with Gasteiger partial charge in [-0.15, -0.1) is 0 Å². The van der Waals surface area contributed by atoms with Gasteiger partial charge in [-0.2, -0.15) is 0 Å². The normalized spacial score (nSPS) is 23.0. The molecule has 4 nitrogen and oxygen atoms in total. The standard InChI is InChI=1S/C18H40O4Si2/c1-8-9-10-11-16-12-19-18(20-13-16)17(14-21-23(2,3)4)15-22-24(5,6)7/h16-18H,8-15H2,1-7H3. The SMILES string of the molecule is CCCCCC1COC(C(CO[Si](C)(C)C)CO[Si](C)(C)C)OC1. The lowest BCUT2D eigenvalue weighted by Crippen LogP contribution is -2.44. The van der Waals surface area contributed by atoms with Gasteiger partial charge in [-0.05, 0) is 45.7 Å². The van der Waals surface area contributed by atoms with Gasteiger partial charge in [0.2, 0.25) is 0 Å². The molecule has 1 heterocycles. The first kappa shape index (κ1) is 22.3. The molecule has 6 heteroatoms. The molecule has 0 radical (unpaired) electrons. The molecule has 0 aromatic carbocycles. The number of unbranched alkanes of at least 4 members (excludes halogenated alkanes) is 2. The van der Waals surface area contributed by atoms with Crippen molar-refractivity contribution in [2.45, 2.75) is 78.2 Å². The van der Waals surface area contributed by atoms with E-state index in [4.69, 9.17) is 18.3 Å². The van der Waals surface area contributed by atoms with Crippen molar-refractivity contribution < 1.29 is 18.3 Å². The third-order valence-electron chi connectivity index (χ3n) is 4.05. The van der Waals surface area contributed by atoms with Crippen LogP contribution in [0.3, 0.4) is 0 Å². The highest BCUT2D eigenvalue weighted by atomic mass is 28.4. The Bertz CT molecular complexity index is 313. The number of rotatable bonds is 11. The lowest BCUT2D eigenvalue weighted by molar-refractivity contribution is -0.232. The third kappa shape index (κ3) is 10.3. The Labute approximate surface area is 151 Å². The van der Waals surface area contributed by atoms with Crippen LogP contribution in [-0.2, 0) is 18.3 Å². The fraction of sp³-hybridized carbons (Fsp3) is 1.00. The van der Waals surface area contributed by atoms with E-state index in [0.29, 0.717) is 19.1 Å². The summed E-state index contributed by atoms with van der Waals surface area (Å²) in [6.45, 7) is 18.5. The second-order valence-corrected chi connectivity index (χ2v) is 18.0. The zero-order valence-electron chi connectivity index (χ0n) is 17.0. The van der Waals surface area contributed by atoms with Crippen LogP contribution in [0.25, 0.3) is 0 Å². The summed E-state index contributed by atoms with van der Waals surface area (Å²) in [5.74, 6) is 0.712. The highest BCUT2D eigenvalue weighted by Crippen LogP contribution is 2.24. The highest BCUT2D eigenvalue weighted by Gasteiger charge is 2.32. The van der Waals surface area contributed by atoms with Gasteiger partial charge in [0.1, 0.15) is 0 Å². The summed E-state index contributed by atoms with van der Waals surface area (Å²) in [5, 5.41) is 0. The minimum Gasteiger partial charge on any atom is -0.417 e. The Morgan fingerprint density at radius 3 is 1.79 bits per heavy atom. The van der Waals surface area contributed by atoms with Crippen LogP contribution < -0.4 is 0 Å². The minimum absolute atomic E-state index is 0.167. The van der Waals surface area contributed by atoms with E-state index in [0.717, 1.165) is 13.2 Å². The summed E-state index contributed by atoms with van der Waals surface area (Å²) < 4.78 is 24.4. The van der Waals surface area contributed by atoms with Gasteiger partial charge in [0.05, 0.1) is 19.1 Å². The van der Waals surface area contributed by atoms with Crippen LogP contribution in [0.5, 0.6) is 0 Å².